The molecule has 0 aromatic rings. The van der Waals surface area contributed by atoms with Gasteiger partial charge in [-0.3, -0.25) is 0 Å². The van der Waals surface area contributed by atoms with Crippen LogP contribution in [0, 0.1) is 0 Å². The van der Waals surface area contributed by atoms with E-state index in [0.29, 0.717) is 0 Å². The quantitative estimate of drug-likeness (QED) is 0.474. The van der Waals surface area contributed by atoms with Crippen LogP contribution in [0.25, 0.3) is 0 Å². The molecule has 1 atom stereocenters. The zero-order valence-electron chi connectivity index (χ0n) is 8.22. The Bertz CT molecular complexity index is 166. The van der Waals surface area contributed by atoms with Crippen molar-refractivity contribution in [1.29, 1.82) is 0 Å². The second-order valence-electron chi connectivity index (χ2n) is 2.93. The Morgan fingerprint density at radius 2 is 2.08 bits per heavy atom. The van der Waals surface area contributed by atoms with Gasteiger partial charge in [0, 0.05) is 6.10 Å². The molecule has 1 aliphatic rings. The summed E-state index contributed by atoms with van der Waals surface area (Å²) >= 11 is 0. The molecule has 3 heteroatoms. The Morgan fingerprint density at radius 3 is 2.50 bits per heavy atom. The number of hydrogen-bond acceptors (Lipinski definition) is 2. The molecule has 1 heterocycles. The summed E-state index contributed by atoms with van der Waals surface area (Å²) in [6, 6.07) is 0. The molecular formula is C9H15LiO2. The largest absolute Gasteiger partial charge is 1.00 e. The predicted octanol–water partition coefficient (Wildman–Crippen LogP) is -1.44. The van der Waals surface area contributed by atoms with E-state index in [1.807, 2.05) is 6.92 Å². The Hall–Kier alpha value is -0.0626. The molecule has 0 N–H and O–H groups in total. The molecule has 64 valence electrons. The van der Waals surface area contributed by atoms with E-state index in [0.717, 1.165) is 31.3 Å². The third-order valence-electron chi connectivity index (χ3n) is 2.07. The average Bonchev–Trinajstić information content (AvgIpc) is 2.00. The second kappa shape index (κ2) is 5.56. The minimum absolute atomic E-state index is 0. The van der Waals surface area contributed by atoms with Gasteiger partial charge in [0.05, 0.1) is 5.95 Å². The Morgan fingerprint density at radius 1 is 1.42 bits per heavy atom. The second-order valence-corrected chi connectivity index (χ2v) is 2.93. The summed E-state index contributed by atoms with van der Waals surface area (Å²) in [4.78, 5) is 0. The smallest absolute Gasteiger partial charge is 0.606 e. The van der Waals surface area contributed by atoms with Crippen LogP contribution in [-0.4, -0.2) is 6.10 Å². The molecule has 0 spiro atoms. The summed E-state index contributed by atoms with van der Waals surface area (Å²) < 4.78 is 4.92. The first-order valence-corrected chi connectivity index (χ1v) is 4.36. The fraction of sp³-hybridized carbons (Fsp3) is 0.778. The van der Waals surface area contributed by atoms with Crippen LogP contribution in [0.2, 0.25) is 0 Å². The van der Waals surface area contributed by atoms with E-state index < -0.39 is 0 Å². The zero-order valence-corrected chi connectivity index (χ0v) is 8.22. The van der Waals surface area contributed by atoms with Crippen molar-refractivity contribution in [2.24, 2.45) is 0 Å². The molecule has 2 nitrogen and oxygen atoms in total. The van der Waals surface area contributed by atoms with Gasteiger partial charge in [0.15, 0.2) is 0 Å². The topological polar surface area (TPSA) is 32.3 Å². The molecule has 1 unspecified atom stereocenters. The van der Waals surface area contributed by atoms with Crippen LogP contribution >= 0.6 is 0 Å². The molecule has 0 aromatic carbocycles. The number of ether oxygens (including phenoxy) is 1. The summed E-state index contributed by atoms with van der Waals surface area (Å²) in [7, 11) is 0. The van der Waals surface area contributed by atoms with Gasteiger partial charge >= 0.3 is 18.9 Å². The number of hydrogen-bond donors (Lipinski definition) is 0. The molecular weight excluding hydrogens is 147 g/mol. The van der Waals surface area contributed by atoms with Gasteiger partial charge in [-0.1, -0.05) is 20.3 Å². The molecule has 0 aromatic heterocycles. The molecule has 1 aliphatic heterocycles. The molecule has 1 rings (SSSR count). The summed E-state index contributed by atoms with van der Waals surface area (Å²) in [5, 5.41) is 10.8. The van der Waals surface area contributed by atoms with Crippen molar-refractivity contribution in [1.82, 2.24) is 0 Å². The van der Waals surface area contributed by atoms with Crippen molar-refractivity contribution >= 4 is 0 Å². The SMILES string of the molecule is CCCCC1=C([O-])OC1CC.[Li+]. The summed E-state index contributed by atoms with van der Waals surface area (Å²) in [5.41, 5.74) is 1.01. The molecule has 0 amide bonds. The molecule has 12 heavy (non-hydrogen) atoms. The number of rotatable bonds is 4. The van der Waals surface area contributed by atoms with Crippen LogP contribution in [-0.2, 0) is 4.74 Å². The number of unbranched alkanes of at least 4 members (excludes halogenated alkanes) is 1. The normalized spacial score (nSPS) is 21.0. The van der Waals surface area contributed by atoms with Crippen LogP contribution in [0.15, 0.2) is 11.5 Å². The van der Waals surface area contributed by atoms with E-state index in [-0.39, 0.29) is 30.9 Å². The van der Waals surface area contributed by atoms with Crippen molar-refractivity contribution in [3.05, 3.63) is 11.5 Å². The van der Waals surface area contributed by atoms with Gasteiger partial charge in [0.25, 0.3) is 0 Å². The van der Waals surface area contributed by atoms with Gasteiger partial charge in [-0.15, -0.1) is 0 Å². The van der Waals surface area contributed by atoms with Gasteiger partial charge in [0.1, 0.15) is 0 Å². The fourth-order valence-corrected chi connectivity index (χ4v) is 1.31. The van der Waals surface area contributed by atoms with Gasteiger partial charge in [-0.25, -0.2) is 0 Å². The van der Waals surface area contributed by atoms with Crippen molar-refractivity contribution in [3.63, 3.8) is 0 Å². The maximum absolute atomic E-state index is 10.8. The Kier molecular flexibility index (Phi) is 5.53. The predicted molar refractivity (Wildman–Crippen MR) is 41.7 cm³/mol. The van der Waals surface area contributed by atoms with Crippen LogP contribution in [0.4, 0.5) is 0 Å². The monoisotopic (exact) mass is 162 g/mol. The van der Waals surface area contributed by atoms with Crippen molar-refractivity contribution in [2.45, 2.75) is 45.6 Å². The first-order valence-electron chi connectivity index (χ1n) is 4.36. The van der Waals surface area contributed by atoms with Crippen LogP contribution < -0.4 is 24.0 Å². The minimum atomic E-state index is -0.0645. The van der Waals surface area contributed by atoms with Crippen molar-refractivity contribution in [3.8, 4) is 0 Å². The van der Waals surface area contributed by atoms with E-state index in [2.05, 4.69) is 6.92 Å². The Labute approximate surface area is 86.2 Å². The Balaban J connectivity index is 0.00000121. The van der Waals surface area contributed by atoms with Crippen LogP contribution in [0.5, 0.6) is 0 Å². The summed E-state index contributed by atoms with van der Waals surface area (Å²) in [6.45, 7) is 4.18. The standard InChI is InChI=1S/C9H16O2.Li/c1-3-5-6-7-8(4-2)11-9(7)10;/h8,10H,3-6H2,1-2H3;/q;+1/p-1. The first-order chi connectivity index (χ1) is 5.29. The first kappa shape index (κ1) is 11.9. The minimum Gasteiger partial charge on any atom is -0.606 e. The van der Waals surface area contributed by atoms with Crippen LogP contribution in [0.1, 0.15) is 39.5 Å². The van der Waals surface area contributed by atoms with Gasteiger partial charge in [0.2, 0.25) is 0 Å². The molecule has 0 saturated heterocycles. The maximum Gasteiger partial charge on any atom is 1.00 e. The molecule has 0 aliphatic carbocycles. The maximum atomic E-state index is 10.8. The molecule has 0 radical (unpaired) electrons. The third kappa shape index (κ3) is 2.47. The van der Waals surface area contributed by atoms with Crippen molar-refractivity contribution < 1.29 is 28.7 Å². The summed E-state index contributed by atoms with van der Waals surface area (Å²) in [6.07, 6.45) is 4.28. The van der Waals surface area contributed by atoms with E-state index in [4.69, 9.17) is 4.74 Å². The van der Waals surface area contributed by atoms with Crippen molar-refractivity contribution in [2.75, 3.05) is 0 Å². The van der Waals surface area contributed by atoms with E-state index in [1.54, 1.807) is 0 Å². The van der Waals surface area contributed by atoms with Gasteiger partial charge in [-0.2, -0.15) is 0 Å². The molecule has 0 saturated carbocycles. The summed E-state index contributed by atoms with van der Waals surface area (Å²) in [5.74, 6) is -0.0645. The van der Waals surface area contributed by atoms with Gasteiger partial charge in [-0.05, 0) is 24.8 Å². The van der Waals surface area contributed by atoms with E-state index in [1.165, 1.54) is 0 Å². The third-order valence-corrected chi connectivity index (χ3v) is 2.07. The fourth-order valence-electron chi connectivity index (χ4n) is 1.31. The molecule has 0 bridgehead atoms. The van der Waals surface area contributed by atoms with E-state index in [9.17, 15) is 5.11 Å². The van der Waals surface area contributed by atoms with Gasteiger partial charge < -0.3 is 9.84 Å². The van der Waals surface area contributed by atoms with Crippen LogP contribution in [0.3, 0.4) is 0 Å². The average molecular weight is 162 g/mol. The zero-order chi connectivity index (χ0) is 8.27. The molecule has 0 fully saturated rings. The van der Waals surface area contributed by atoms with E-state index >= 15 is 0 Å².